The van der Waals surface area contributed by atoms with Crippen LogP contribution in [0.3, 0.4) is 0 Å². The minimum absolute atomic E-state index is 0.201. The van der Waals surface area contributed by atoms with Crippen molar-refractivity contribution in [2.24, 2.45) is 0 Å². The van der Waals surface area contributed by atoms with Crippen LogP contribution >= 0.6 is 0 Å². The maximum absolute atomic E-state index is 12.3. The third-order valence-corrected chi connectivity index (χ3v) is 5.16. The molecule has 6 nitrogen and oxygen atoms in total. The van der Waals surface area contributed by atoms with E-state index in [-0.39, 0.29) is 4.90 Å². The molecule has 0 spiro atoms. The van der Waals surface area contributed by atoms with Gasteiger partial charge < -0.3 is 10.1 Å². The van der Waals surface area contributed by atoms with Gasteiger partial charge in [-0.05, 0) is 54.6 Å². The predicted molar refractivity (Wildman–Crippen MR) is 105 cm³/mol. The fourth-order valence-electron chi connectivity index (χ4n) is 2.44. The van der Waals surface area contributed by atoms with Gasteiger partial charge in [-0.3, -0.25) is 4.72 Å². The summed E-state index contributed by atoms with van der Waals surface area (Å²) in [6.07, 6.45) is 0. The van der Waals surface area contributed by atoms with E-state index in [9.17, 15) is 13.2 Å². The van der Waals surface area contributed by atoms with Crippen molar-refractivity contribution < 1.29 is 17.9 Å². The molecular formula is C20H18N2O4S. The number of sulfonamides is 1. The van der Waals surface area contributed by atoms with Crippen molar-refractivity contribution in [1.29, 1.82) is 0 Å². The Hall–Kier alpha value is -3.32. The summed E-state index contributed by atoms with van der Waals surface area (Å²) in [6.45, 7) is 0. The molecule has 0 heterocycles. The predicted octanol–water partition coefficient (Wildman–Crippen LogP) is 4.02. The van der Waals surface area contributed by atoms with Crippen molar-refractivity contribution in [3.8, 4) is 0 Å². The van der Waals surface area contributed by atoms with Gasteiger partial charge in [0.15, 0.2) is 0 Å². The molecule has 7 heteroatoms. The lowest BCUT2D eigenvalue weighted by Crippen LogP contribution is -2.12. The van der Waals surface area contributed by atoms with Crippen molar-refractivity contribution in [1.82, 2.24) is 0 Å². The summed E-state index contributed by atoms with van der Waals surface area (Å²) in [6, 6.07) is 21.9. The number of nitrogens with one attached hydrogen (secondary N) is 2. The van der Waals surface area contributed by atoms with Crippen LogP contribution in [0.2, 0.25) is 0 Å². The molecule has 2 N–H and O–H groups in total. The highest BCUT2D eigenvalue weighted by Crippen LogP contribution is 2.22. The summed E-state index contributed by atoms with van der Waals surface area (Å²) in [4.78, 5) is 11.8. The van der Waals surface area contributed by atoms with Gasteiger partial charge in [-0.15, -0.1) is 0 Å². The Labute approximate surface area is 157 Å². The van der Waals surface area contributed by atoms with Gasteiger partial charge in [0.05, 0.1) is 17.6 Å². The second-order valence-electron chi connectivity index (χ2n) is 5.69. The van der Waals surface area contributed by atoms with Crippen LogP contribution in [0.5, 0.6) is 0 Å². The first-order chi connectivity index (χ1) is 13.0. The molecule has 0 saturated carbocycles. The Morgan fingerprint density at radius 1 is 0.815 bits per heavy atom. The largest absolute Gasteiger partial charge is 0.465 e. The summed E-state index contributed by atoms with van der Waals surface area (Å²) >= 11 is 0. The Balaban J connectivity index is 1.72. The normalized spacial score (nSPS) is 10.9. The molecule has 138 valence electrons. The summed E-state index contributed by atoms with van der Waals surface area (Å²) in [5.74, 6) is -0.413. The fraction of sp³-hybridized carbons (Fsp3) is 0.0500. The molecule has 0 aliphatic heterocycles. The highest BCUT2D eigenvalue weighted by molar-refractivity contribution is 7.92. The van der Waals surface area contributed by atoms with Gasteiger partial charge >= 0.3 is 5.97 Å². The topological polar surface area (TPSA) is 84.5 Å². The number of carbonyl (C=O) groups is 1. The van der Waals surface area contributed by atoms with E-state index in [1.807, 2.05) is 6.07 Å². The average molecular weight is 382 g/mol. The van der Waals surface area contributed by atoms with Gasteiger partial charge in [-0.25, -0.2) is 13.2 Å². The lowest BCUT2D eigenvalue weighted by molar-refractivity contribution is 0.0601. The van der Waals surface area contributed by atoms with Crippen LogP contribution in [-0.4, -0.2) is 21.5 Å². The monoisotopic (exact) mass is 382 g/mol. The van der Waals surface area contributed by atoms with Gasteiger partial charge in [0.25, 0.3) is 10.0 Å². The number of rotatable bonds is 6. The molecule has 27 heavy (non-hydrogen) atoms. The first-order valence-corrected chi connectivity index (χ1v) is 9.59. The zero-order chi connectivity index (χ0) is 19.3. The third kappa shape index (κ3) is 4.65. The van der Waals surface area contributed by atoms with Gasteiger partial charge in [-0.2, -0.15) is 0 Å². The number of anilines is 3. The standard InChI is InChI=1S/C20H18N2O4S/c1-26-20(23)15-6-5-7-18(14-15)21-16-10-12-17(13-11-16)22-27(24,25)19-8-3-2-4-9-19/h2-14,21-22H,1H3. The van der Waals surface area contributed by atoms with Crippen LogP contribution in [0.1, 0.15) is 10.4 Å². The molecule has 3 aromatic carbocycles. The Kier molecular flexibility index (Phi) is 5.42. The second kappa shape index (κ2) is 7.92. The van der Waals surface area contributed by atoms with Crippen molar-refractivity contribution in [2.75, 3.05) is 17.1 Å². The average Bonchev–Trinajstić information content (AvgIpc) is 2.69. The molecule has 0 radical (unpaired) electrons. The van der Waals surface area contributed by atoms with E-state index in [0.29, 0.717) is 11.3 Å². The van der Waals surface area contributed by atoms with E-state index < -0.39 is 16.0 Å². The smallest absolute Gasteiger partial charge is 0.337 e. The Morgan fingerprint density at radius 2 is 1.48 bits per heavy atom. The number of hydrogen-bond donors (Lipinski definition) is 2. The molecule has 3 rings (SSSR count). The molecule has 0 unspecified atom stereocenters. The molecule has 0 aliphatic rings. The van der Waals surface area contributed by atoms with Crippen LogP contribution in [0.4, 0.5) is 17.1 Å². The number of hydrogen-bond acceptors (Lipinski definition) is 5. The molecule has 0 aromatic heterocycles. The zero-order valence-corrected chi connectivity index (χ0v) is 15.4. The molecule has 3 aromatic rings. The van der Waals surface area contributed by atoms with E-state index in [4.69, 9.17) is 4.74 Å². The molecule has 0 saturated heterocycles. The third-order valence-electron chi connectivity index (χ3n) is 3.76. The number of ether oxygens (including phenoxy) is 1. The van der Waals surface area contributed by atoms with Crippen molar-refractivity contribution in [3.05, 3.63) is 84.4 Å². The van der Waals surface area contributed by atoms with E-state index in [1.165, 1.54) is 19.2 Å². The summed E-state index contributed by atoms with van der Waals surface area (Å²) in [7, 11) is -2.29. The first-order valence-electron chi connectivity index (χ1n) is 8.11. The fourth-order valence-corrected chi connectivity index (χ4v) is 3.52. The number of esters is 1. The van der Waals surface area contributed by atoms with Crippen molar-refractivity contribution in [2.45, 2.75) is 4.90 Å². The maximum Gasteiger partial charge on any atom is 0.337 e. The van der Waals surface area contributed by atoms with Crippen molar-refractivity contribution >= 4 is 33.1 Å². The maximum atomic E-state index is 12.3. The van der Waals surface area contributed by atoms with Crippen LogP contribution in [-0.2, 0) is 14.8 Å². The molecule has 0 fully saturated rings. The minimum atomic E-state index is -3.62. The molecule has 0 amide bonds. The van der Waals surface area contributed by atoms with E-state index in [0.717, 1.165) is 11.4 Å². The van der Waals surface area contributed by atoms with Gasteiger partial charge in [0.1, 0.15) is 0 Å². The SMILES string of the molecule is COC(=O)c1cccc(Nc2ccc(NS(=O)(=O)c3ccccc3)cc2)c1. The Bertz CT molecular complexity index is 1030. The summed E-state index contributed by atoms with van der Waals surface area (Å²) in [5.41, 5.74) is 2.36. The number of benzene rings is 3. The first kappa shape index (κ1) is 18.5. The quantitative estimate of drug-likeness (QED) is 0.629. The molecule has 0 aliphatic carbocycles. The van der Waals surface area contributed by atoms with Crippen LogP contribution in [0, 0.1) is 0 Å². The van der Waals surface area contributed by atoms with Gasteiger partial charge in [0, 0.05) is 17.1 Å². The summed E-state index contributed by atoms with van der Waals surface area (Å²) in [5, 5.41) is 3.16. The molecule has 0 bridgehead atoms. The zero-order valence-electron chi connectivity index (χ0n) is 14.5. The highest BCUT2D eigenvalue weighted by atomic mass is 32.2. The summed E-state index contributed by atoms with van der Waals surface area (Å²) < 4.78 is 31.9. The molecular weight excluding hydrogens is 364 g/mol. The van der Waals surface area contributed by atoms with Crippen LogP contribution in [0.15, 0.2) is 83.8 Å². The number of carbonyl (C=O) groups excluding carboxylic acids is 1. The lowest BCUT2D eigenvalue weighted by atomic mass is 10.2. The highest BCUT2D eigenvalue weighted by Gasteiger charge is 2.13. The second-order valence-corrected chi connectivity index (χ2v) is 7.38. The van der Waals surface area contributed by atoms with Crippen molar-refractivity contribution in [3.63, 3.8) is 0 Å². The number of methoxy groups -OCH3 is 1. The van der Waals surface area contributed by atoms with Gasteiger partial charge in [-0.1, -0.05) is 24.3 Å². The van der Waals surface area contributed by atoms with Crippen LogP contribution in [0.25, 0.3) is 0 Å². The Morgan fingerprint density at radius 3 is 2.15 bits per heavy atom. The lowest BCUT2D eigenvalue weighted by Gasteiger charge is -2.10. The molecule has 0 atom stereocenters. The minimum Gasteiger partial charge on any atom is -0.465 e. The van der Waals surface area contributed by atoms with E-state index >= 15 is 0 Å². The van der Waals surface area contributed by atoms with E-state index in [2.05, 4.69) is 10.0 Å². The van der Waals surface area contributed by atoms with Crippen LogP contribution < -0.4 is 10.0 Å². The van der Waals surface area contributed by atoms with Gasteiger partial charge in [0.2, 0.25) is 0 Å². The van der Waals surface area contributed by atoms with E-state index in [1.54, 1.807) is 60.7 Å².